The van der Waals surface area contributed by atoms with E-state index >= 15 is 0 Å². The molecular weight excluding hydrogens is 269 g/mol. The Morgan fingerprint density at radius 1 is 1.44 bits per heavy atom. The number of ether oxygens (including phenoxy) is 1. The van der Waals surface area contributed by atoms with Crippen LogP contribution in [0.1, 0.15) is 0 Å². The van der Waals surface area contributed by atoms with Crippen molar-refractivity contribution in [3.8, 4) is 5.75 Å². The van der Waals surface area contributed by atoms with Crippen molar-refractivity contribution < 1.29 is 28.9 Å². The molecule has 1 aromatic rings. The number of methoxy groups -OCH3 is 1. The molecule has 0 heterocycles. The number of nitrogen functional groups attached to an aromatic ring is 1. The van der Waals surface area contributed by atoms with Gasteiger partial charge in [0.2, 0.25) is 0 Å². The van der Waals surface area contributed by atoms with Gasteiger partial charge in [-0.05, 0) is 6.07 Å². The summed E-state index contributed by atoms with van der Waals surface area (Å²) < 4.78 is 13.8. The van der Waals surface area contributed by atoms with Gasteiger partial charge in [0, 0.05) is 6.07 Å². The summed E-state index contributed by atoms with van der Waals surface area (Å²) >= 11 is 0. The van der Waals surface area contributed by atoms with E-state index in [0.717, 1.165) is 0 Å². The monoisotopic (exact) mass is 281 g/mol. The molecular formula is C7H12N3O7P. The molecule has 1 rings (SSSR count). The molecule has 0 radical (unpaired) electrons. The molecule has 0 fully saturated rings. The summed E-state index contributed by atoms with van der Waals surface area (Å²) in [7, 11) is -3.22. The van der Waals surface area contributed by atoms with E-state index < -0.39 is 12.7 Å². The molecule has 0 spiro atoms. The molecule has 18 heavy (non-hydrogen) atoms. The van der Waals surface area contributed by atoms with Gasteiger partial charge in [0.1, 0.15) is 5.75 Å². The number of nitro groups is 1. The highest BCUT2D eigenvalue weighted by atomic mass is 31.2. The molecule has 102 valence electrons. The second-order valence-corrected chi connectivity index (χ2v) is 3.80. The van der Waals surface area contributed by atoms with E-state index in [1.54, 1.807) is 6.07 Å². The predicted molar refractivity (Wildman–Crippen MR) is 61.7 cm³/mol. The van der Waals surface area contributed by atoms with Gasteiger partial charge in [-0.15, -0.1) is 0 Å². The number of hydrazine groups is 1. The van der Waals surface area contributed by atoms with E-state index in [1.165, 1.54) is 19.2 Å². The molecule has 0 unspecified atom stereocenters. The Kier molecular flexibility index (Phi) is 6.23. The number of nitrogens with zero attached hydrogens (tertiary/aromatic N) is 1. The van der Waals surface area contributed by atoms with Crippen LogP contribution in [-0.4, -0.2) is 26.7 Å². The van der Waals surface area contributed by atoms with Gasteiger partial charge in [0.15, 0.2) is 5.69 Å². The molecule has 0 aliphatic heterocycles. The number of nitrogens with one attached hydrogen (secondary N) is 1. The van der Waals surface area contributed by atoms with Crippen molar-refractivity contribution >= 4 is 19.2 Å². The van der Waals surface area contributed by atoms with Crippen LogP contribution in [0.25, 0.3) is 0 Å². The third-order valence-electron chi connectivity index (χ3n) is 1.57. The number of hydrogen-bond donors (Lipinski definition) is 5. The summed E-state index contributed by atoms with van der Waals surface area (Å²) in [6, 6.07) is 4.46. The number of rotatable bonds is 3. The standard InChI is InChI=1S/C7H9N3O3.H3O4P/c1-13-6-4-2-3-5(10(11)12)7(6)9-8;1-5(2,3)4/h2-4,9H,8H2,1H3;(H3,1,2,3,4). The van der Waals surface area contributed by atoms with E-state index in [4.69, 9.17) is 29.8 Å². The van der Waals surface area contributed by atoms with Crippen molar-refractivity contribution in [2.75, 3.05) is 12.5 Å². The van der Waals surface area contributed by atoms with Crippen LogP contribution in [0.5, 0.6) is 5.75 Å². The quantitative estimate of drug-likeness (QED) is 0.221. The van der Waals surface area contributed by atoms with Crippen LogP contribution in [0, 0.1) is 10.1 Å². The maximum Gasteiger partial charge on any atom is 0.466 e. The SMILES string of the molecule is COc1cccc([N+](=O)[O-])c1NN.O=P(O)(O)O. The Labute approximate surface area is 101 Å². The van der Waals surface area contributed by atoms with Crippen molar-refractivity contribution in [1.82, 2.24) is 0 Å². The largest absolute Gasteiger partial charge is 0.494 e. The van der Waals surface area contributed by atoms with Crippen molar-refractivity contribution in [3.05, 3.63) is 28.3 Å². The second kappa shape index (κ2) is 6.89. The molecule has 1 aromatic carbocycles. The number of anilines is 1. The molecule has 0 saturated heterocycles. The van der Waals surface area contributed by atoms with Gasteiger partial charge in [0.25, 0.3) is 5.69 Å². The molecule has 0 bridgehead atoms. The predicted octanol–water partition coefficient (Wildman–Crippen LogP) is -0.0396. The van der Waals surface area contributed by atoms with E-state index in [2.05, 4.69) is 5.43 Å². The van der Waals surface area contributed by atoms with Crippen molar-refractivity contribution in [3.63, 3.8) is 0 Å². The molecule has 0 aliphatic carbocycles. The fourth-order valence-electron chi connectivity index (χ4n) is 0.987. The number of phosphoric acid groups is 1. The fraction of sp³-hybridized carbons (Fsp3) is 0.143. The maximum absolute atomic E-state index is 10.5. The van der Waals surface area contributed by atoms with Gasteiger partial charge in [0.05, 0.1) is 12.0 Å². The van der Waals surface area contributed by atoms with Gasteiger partial charge in [-0.25, -0.2) is 4.57 Å². The van der Waals surface area contributed by atoms with Crippen LogP contribution in [0.4, 0.5) is 11.4 Å². The normalized spacial score (nSPS) is 10.1. The first-order valence-electron chi connectivity index (χ1n) is 4.27. The first-order valence-corrected chi connectivity index (χ1v) is 5.83. The van der Waals surface area contributed by atoms with Crippen LogP contribution in [-0.2, 0) is 4.57 Å². The van der Waals surface area contributed by atoms with Crippen LogP contribution < -0.4 is 16.0 Å². The van der Waals surface area contributed by atoms with Crippen LogP contribution >= 0.6 is 7.82 Å². The zero-order chi connectivity index (χ0) is 14.3. The van der Waals surface area contributed by atoms with Gasteiger partial charge in [-0.3, -0.25) is 16.0 Å². The Morgan fingerprint density at radius 3 is 2.28 bits per heavy atom. The summed E-state index contributed by atoms with van der Waals surface area (Å²) in [6.07, 6.45) is 0. The maximum atomic E-state index is 10.5. The third kappa shape index (κ3) is 6.13. The van der Waals surface area contributed by atoms with Crippen LogP contribution in [0.2, 0.25) is 0 Å². The van der Waals surface area contributed by atoms with Crippen molar-refractivity contribution in [2.24, 2.45) is 5.84 Å². The summed E-state index contributed by atoms with van der Waals surface area (Å²) in [5.74, 6) is 5.47. The lowest BCUT2D eigenvalue weighted by molar-refractivity contribution is -0.384. The fourth-order valence-corrected chi connectivity index (χ4v) is 0.987. The van der Waals surface area contributed by atoms with Gasteiger partial charge >= 0.3 is 7.82 Å². The minimum absolute atomic E-state index is 0.109. The van der Waals surface area contributed by atoms with E-state index in [0.29, 0.717) is 5.75 Å². The number of para-hydroxylation sites is 1. The summed E-state index contributed by atoms with van der Waals surface area (Å²) in [6.45, 7) is 0. The smallest absolute Gasteiger partial charge is 0.466 e. The van der Waals surface area contributed by atoms with Crippen LogP contribution in [0.15, 0.2) is 18.2 Å². The van der Waals surface area contributed by atoms with E-state index in [1.807, 2.05) is 0 Å². The van der Waals surface area contributed by atoms with E-state index in [9.17, 15) is 10.1 Å². The Hall–Kier alpha value is -1.71. The average Bonchev–Trinajstić information content (AvgIpc) is 2.25. The lowest BCUT2D eigenvalue weighted by Crippen LogP contribution is -2.10. The first-order chi connectivity index (χ1) is 8.20. The summed E-state index contributed by atoms with van der Waals surface area (Å²) in [4.78, 5) is 31.5. The average molecular weight is 281 g/mol. The molecule has 0 saturated carbocycles. The lowest BCUT2D eigenvalue weighted by atomic mass is 10.2. The minimum Gasteiger partial charge on any atom is -0.494 e. The first kappa shape index (κ1) is 16.3. The summed E-state index contributed by atoms with van der Waals surface area (Å²) in [5.41, 5.74) is 2.30. The molecule has 0 aliphatic rings. The topological polar surface area (TPSA) is 168 Å². The van der Waals surface area contributed by atoms with Crippen molar-refractivity contribution in [1.29, 1.82) is 0 Å². The zero-order valence-electron chi connectivity index (χ0n) is 9.18. The van der Waals surface area contributed by atoms with Gasteiger partial charge in [-0.1, -0.05) is 6.07 Å². The third-order valence-corrected chi connectivity index (χ3v) is 1.57. The molecule has 0 aromatic heterocycles. The number of benzene rings is 1. The highest BCUT2D eigenvalue weighted by Crippen LogP contribution is 2.32. The molecule has 6 N–H and O–H groups in total. The zero-order valence-corrected chi connectivity index (χ0v) is 10.1. The molecule has 0 amide bonds. The Morgan fingerprint density at radius 2 is 1.94 bits per heavy atom. The molecule has 0 atom stereocenters. The molecule has 10 nitrogen and oxygen atoms in total. The second-order valence-electron chi connectivity index (χ2n) is 2.77. The highest BCUT2D eigenvalue weighted by molar-refractivity contribution is 7.45. The Balaban J connectivity index is 0.000000494. The number of nitrogens with two attached hydrogens (primary N) is 1. The number of hydrogen-bond acceptors (Lipinski definition) is 6. The Bertz CT molecular complexity index is 452. The summed E-state index contributed by atoms with van der Waals surface area (Å²) in [5, 5.41) is 10.5. The van der Waals surface area contributed by atoms with Crippen LogP contribution in [0.3, 0.4) is 0 Å². The van der Waals surface area contributed by atoms with Gasteiger partial charge in [-0.2, -0.15) is 0 Å². The lowest BCUT2D eigenvalue weighted by Gasteiger charge is -2.06. The number of nitro benzene ring substituents is 1. The highest BCUT2D eigenvalue weighted by Gasteiger charge is 2.16. The van der Waals surface area contributed by atoms with E-state index in [-0.39, 0.29) is 11.4 Å². The van der Waals surface area contributed by atoms with Crippen molar-refractivity contribution in [2.45, 2.75) is 0 Å². The molecule has 11 heteroatoms. The minimum atomic E-state index is -4.64. The van der Waals surface area contributed by atoms with Gasteiger partial charge < -0.3 is 24.8 Å².